The van der Waals surface area contributed by atoms with Gasteiger partial charge in [0.15, 0.2) is 0 Å². The molecule has 0 amide bonds. The van der Waals surface area contributed by atoms with Crippen LogP contribution < -0.4 is 0 Å². The molecule has 0 saturated carbocycles. The quantitative estimate of drug-likeness (QED) is 0.196. The highest BCUT2D eigenvalue weighted by molar-refractivity contribution is 5.68. The van der Waals surface area contributed by atoms with Gasteiger partial charge in [-0.05, 0) is 25.7 Å². The first-order valence-corrected chi connectivity index (χ1v) is 11.6. The molecule has 3 atom stereocenters. The number of aliphatic hydroxyl groups excluding tert-OH is 4. The maximum Gasteiger partial charge on any atom is 0.305 e. The van der Waals surface area contributed by atoms with E-state index in [4.69, 9.17) is 10.2 Å². The molecular formula is C23H48O6. The van der Waals surface area contributed by atoms with Crippen LogP contribution in [0.1, 0.15) is 110 Å². The Morgan fingerprint density at radius 2 is 1.21 bits per heavy atom. The Balaban J connectivity index is 0. The van der Waals surface area contributed by atoms with Crippen LogP contribution in [-0.2, 0) is 9.53 Å². The number of rotatable bonds is 18. The number of carbonyl (C=O) groups excluding carboxylic acids is 1. The van der Waals surface area contributed by atoms with Gasteiger partial charge in [0, 0.05) is 6.42 Å². The normalized spacial score (nSPS) is 13.9. The van der Waals surface area contributed by atoms with Crippen molar-refractivity contribution >= 4 is 5.97 Å². The zero-order valence-electron chi connectivity index (χ0n) is 19.2. The molecule has 0 spiro atoms. The van der Waals surface area contributed by atoms with E-state index in [1.807, 2.05) is 6.92 Å². The summed E-state index contributed by atoms with van der Waals surface area (Å²) in [5, 5.41) is 36.4. The molecule has 0 saturated heterocycles. The van der Waals surface area contributed by atoms with Crippen LogP contribution >= 0.6 is 0 Å². The van der Waals surface area contributed by atoms with E-state index < -0.39 is 18.3 Å². The van der Waals surface area contributed by atoms with Gasteiger partial charge in [0.1, 0.15) is 0 Å². The molecule has 29 heavy (non-hydrogen) atoms. The smallest absolute Gasteiger partial charge is 0.305 e. The molecule has 0 aromatic rings. The Hall–Kier alpha value is -0.690. The molecule has 0 aromatic carbocycles. The molecule has 176 valence electrons. The highest BCUT2D eigenvalue weighted by Gasteiger charge is 2.15. The molecule has 4 N–H and O–H groups in total. The second-order valence-electron chi connectivity index (χ2n) is 7.82. The first kappa shape index (κ1) is 30.5. The first-order valence-electron chi connectivity index (χ1n) is 11.6. The average Bonchev–Trinajstić information content (AvgIpc) is 2.74. The maximum absolute atomic E-state index is 10.9. The van der Waals surface area contributed by atoms with Crippen LogP contribution in [0.5, 0.6) is 0 Å². The van der Waals surface area contributed by atoms with Gasteiger partial charge in [-0.2, -0.15) is 0 Å². The highest BCUT2D eigenvalue weighted by atomic mass is 16.5. The van der Waals surface area contributed by atoms with Crippen molar-refractivity contribution in [1.29, 1.82) is 0 Å². The summed E-state index contributed by atoms with van der Waals surface area (Å²) < 4.78 is 4.60. The second-order valence-corrected chi connectivity index (χ2v) is 7.82. The summed E-state index contributed by atoms with van der Waals surface area (Å²) in [7, 11) is 1.42. The maximum atomic E-state index is 10.9. The molecule has 0 rings (SSSR count). The van der Waals surface area contributed by atoms with Crippen LogP contribution in [0, 0.1) is 0 Å². The zero-order chi connectivity index (χ0) is 22.3. The molecular weight excluding hydrogens is 372 g/mol. The predicted molar refractivity (Wildman–Crippen MR) is 118 cm³/mol. The monoisotopic (exact) mass is 420 g/mol. The largest absolute Gasteiger partial charge is 0.469 e. The molecule has 0 aliphatic rings. The van der Waals surface area contributed by atoms with Gasteiger partial charge in [0.2, 0.25) is 0 Å². The van der Waals surface area contributed by atoms with E-state index in [-0.39, 0.29) is 12.6 Å². The van der Waals surface area contributed by atoms with Crippen LogP contribution in [0.3, 0.4) is 0 Å². The molecule has 0 fully saturated rings. The van der Waals surface area contributed by atoms with Crippen molar-refractivity contribution in [3.8, 4) is 0 Å². The van der Waals surface area contributed by atoms with Gasteiger partial charge in [-0.3, -0.25) is 4.79 Å². The van der Waals surface area contributed by atoms with Crippen LogP contribution in [0.4, 0.5) is 0 Å². The number of hydrogen-bond acceptors (Lipinski definition) is 6. The van der Waals surface area contributed by atoms with Gasteiger partial charge in [-0.25, -0.2) is 0 Å². The van der Waals surface area contributed by atoms with Crippen LogP contribution in [0.25, 0.3) is 0 Å². The van der Waals surface area contributed by atoms with E-state index >= 15 is 0 Å². The Labute approximate surface area is 178 Å². The standard InChI is InChI=1S/C19H38O4.C4H10O2/c1-3-4-5-6-8-11-14-17(20)18(21)15-12-9-7-10-13-16-19(22)23-2;1-2-4(6)3-5/h17-18,20-21H,3-16H2,1-2H3;4-6H,2-3H2,1H3. The Morgan fingerprint density at radius 3 is 1.59 bits per heavy atom. The van der Waals surface area contributed by atoms with Crippen molar-refractivity contribution in [2.45, 2.75) is 128 Å². The third-order valence-electron chi connectivity index (χ3n) is 5.09. The fraction of sp³-hybridized carbons (Fsp3) is 0.957. The number of aliphatic hydroxyl groups is 4. The minimum atomic E-state index is -0.583. The second kappa shape index (κ2) is 23.6. The molecule has 6 heteroatoms. The molecule has 0 aliphatic carbocycles. The number of hydrogen-bond donors (Lipinski definition) is 4. The average molecular weight is 421 g/mol. The number of carbonyl (C=O) groups is 1. The van der Waals surface area contributed by atoms with Crippen molar-refractivity contribution in [2.75, 3.05) is 13.7 Å². The van der Waals surface area contributed by atoms with E-state index in [0.717, 1.165) is 44.9 Å². The molecule has 3 unspecified atom stereocenters. The Kier molecular flexibility index (Phi) is 24.8. The van der Waals surface area contributed by atoms with Gasteiger partial charge in [-0.15, -0.1) is 0 Å². The van der Waals surface area contributed by atoms with E-state index in [1.54, 1.807) is 0 Å². The fourth-order valence-electron chi connectivity index (χ4n) is 2.90. The van der Waals surface area contributed by atoms with Crippen LogP contribution in [-0.4, -0.2) is 58.4 Å². The number of unbranched alkanes of at least 4 members (excludes halogenated alkanes) is 9. The van der Waals surface area contributed by atoms with E-state index in [1.165, 1.54) is 32.8 Å². The Morgan fingerprint density at radius 1 is 0.759 bits per heavy atom. The van der Waals surface area contributed by atoms with Crippen molar-refractivity contribution in [3.63, 3.8) is 0 Å². The molecule has 0 aromatic heterocycles. The van der Waals surface area contributed by atoms with E-state index in [0.29, 0.717) is 25.7 Å². The zero-order valence-corrected chi connectivity index (χ0v) is 19.2. The summed E-state index contributed by atoms with van der Waals surface area (Å²) in [5.74, 6) is -0.141. The lowest BCUT2D eigenvalue weighted by molar-refractivity contribution is -0.140. The minimum absolute atomic E-state index is 0.115. The van der Waals surface area contributed by atoms with Crippen molar-refractivity contribution < 1.29 is 30.0 Å². The summed E-state index contributed by atoms with van der Waals surface area (Å²) in [6, 6.07) is 0. The van der Waals surface area contributed by atoms with Crippen molar-refractivity contribution in [2.24, 2.45) is 0 Å². The molecule has 6 nitrogen and oxygen atoms in total. The Bertz CT molecular complexity index is 333. The molecule has 0 bridgehead atoms. The van der Waals surface area contributed by atoms with Crippen molar-refractivity contribution in [3.05, 3.63) is 0 Å². The summed E-state index contributed by atoms with van der Waals surface area (Å²) in [4.78, 5) is 10.9. The molecule has 0 radical (unpaired) electrons. The summed E-state index contributed by atoms with van der Waals surface area (Å²) in [5.41, 5.74) is 0. The summed E-state index contributed by atoms with van der Waals surface area (Å²) in [6.07, 6.45) is 13.0. The summed E-state index contributed by atoms with van der Waals surface area (Å²) >= 11 is 0. The number of methoxy groups -OCH3 is 1. The molecule has 0 aliphatic heterocycles. The van der Waals surface area contributed by atoms with Gasteiger partial charge in [0.05, 0.1) is 32.0 Å². The number of ether oxygens (including phenoxy) is 1. The van der Waals surface area contributed by atoms with E-state index in [2.05, 4.69) is 11.7 Å². The molecule has 0 heterocycles. The van der Waals surface area contributed by atoms with Crippen molar-refractivity contribution in [1.82, 2.24) is 0 Å². The van der Waals surface area contributed by atoms with Crippen LogP contribution in [0.15, 0.2) is 0 Å². The van der Waals surface area contributed by atoms with E-state index in [9.17, 15) is 15.0 Å². The third-order valence-corrected chi connectivity index (χ3v) is 5.09. The minimum Gasteiger partial charge on any atom is -0.469 e. The fourth-order valence-corrected chi connectivity index (χ4v) is 2.90. The van der Waals surface area contributed by atoms with Gasteiger partial charge in [0.25, 0.3) is 0 Å². The third kappa shape index (κ3) is 23.5. The lowest BCUT2D eigenvalue weighted by atomic mass is 9.99. The lowest BCUT2D eigenvalue weighted by Crippen LogP contribution is -2.25. The van der Waals surface area contributed by atoms with Crippen LogP contribution in [0.2, 0.25) is 0 Å². The first-order chi connectivity index (χ1) is 13.9. The van der Waals surface area contributed by atoms with Gasteiger partial charge < -0.3 is 25.2 Å². The topological polar surface area (TPSA) is 107 Å². The SMILES string of the molecule is CCC(O)CO.CCCCCCCCC(O)C(O)CCCCCCCC(=O)OC. The lowest BCUT2D eigenvalue weighted by Gasteiger charge is -2.17. The predicted octanol–water partition coefficient (Wildman–Crippen LogP) is 4.11. The van der Waals surface area contributed by atoms with Gasteiger partial charge in [-0.1, -0.05) is 78.1 Å². The highest BCUT2D eigenvalue weighted by Crippen LogP contribution is 2.15. The van der Waals surface area contributed by atoms with Gasteiger partial charge >= 0.3 is 5.97 Å². The number of esters is 1. The summed E-state index contributed by atoms with van der Waals surface area (Å²) in [6.45, 7) is 3.91.